The first-order valence-corrected chi connectivity index (χ1v) is 11.8. The van der Waals surface area contributed by atoms with Crippen LogP contribution in [0.4, 0.5) is 0 Å². The molecule has 0 aliphatic carbocycles. The van der Waals surface area contributed by atoms with E-state index >= 15 is 0 Å². The van der Waals surface area contributed by atoms with Crippen molar-refractivity contribution in [1.82, 2.24) is 4.90 Å². The minimum atomic E-state index is -1.87. The van der Waals surface area contributed by atoms with Gasteiger partial charge in [0.15, 0.2) is 0 Å². The van der Waals surface area contributed by atoms with E-state index in [1.165, 1.54) is 10.6 Å². The Kier molecular flexibility index (Phi) is 6.37. The predicted molar refractivity (Wildman–Crippen MR) is 107 cm³/mol. The molecule has 0 spiro atoms. The van der Waals surface area contributed by atoms with Gasteiger partial charge in [-0.05, 0) is 30.5 Å². The average molecular weight is 349 g/mol. The first-order chi connectivity index (χ1) is 10.6. The summed E-state index contributed by atoms with van der Waals surface area (Å²) >= 11 is 3.57. The Morgan fingerprint density at radius 1 is 0.864 bits per heavy atom. The van der Waals surface area contributed by atoms with Crippen LogP contribution in [-0.2, 0) is 0 Å². The van der Waals surface area contributed by atoms with Crippen molar-refractivity contribution in [2.75, 3.05) is 26.6 Å². The lowest BCUT2D eigenvalue weighted by Gasteiger charge is -2.21. The lowest BCUT2D eigenvalue weighted by atomic mass is 10.4. The fourth-order valence-electron chi connectivity index (χ4n) is 2.21. The molecular formula is C17H22N2PS2+. The molecule has 0 unspecified atom stereocenters. The summed E-state index contributed by atoms with van der Waals surface area (Å²) in [5, 5.41) is 3.68. The third kappa shape index (κ3) is 3.68. The second kappa shape index (κ2) is 8.05. The van der Waals surface area contributed by atoms with Crippen molar-refractivity contribution in [3.05, 3.63) is 60.7 Å². The van der Waals surface area contributed by atoms with Gasteiger partial charge in [-0.2, -0.15) is 0 Å². The van der Waals surface area contributed by atoms with E-state index in [0.717, 1.165) is 5.17 Å². The molecule has 2 aromatic carbocycles. The second-order valence-electron chi connectivity index (χ2n) is 4.91. The number of hydrogen-bond acceptors (Lipinski definition) is 3. The van der Waals surface area contributed by atoms with Crippen molar-refractivity contribution in [2.24, 2.45) is 4.76 Å². The molecule has 0 atom stereocenters. The normalized spacial score (nSPS) is 12.3. The van der Waals surface area contributed by atoms with Crippen LogP contribution in [0.15, 0.2) is 65.4 Å². The van der Waals surface area contributed by atoms with E-state index in [-0.39, 0.29) is 0 Å². The number of nitrogens with zero attached hydrogens (tertiary/aromatic N) is 2. The van der Waals surface area contributed by atoms with Crippen molar-refractivity contribution in [3.8, 4) is 0 Å². The first kappa shape index (κ1) is 17.4. The molecule has 0 heterocycles. The fraction of sp³-hybridized carbons (Fsp3) is 0.235. The molecule has 0 bridgehead atoms. The minimum Gasteiger partial charge on any atom is -0.355 e. The van der Waals surface area contributed by atoms with Crippen LogP contribution in [0, 0.1) is 0 Å². The van der Waals surface area contributed by atoms with Gasteiger partial charge in [-0.1, -0.05) is 52.9 Å². The molecule has 0 aliphatic rings. The molecule has 0 saturated heterocycles. The lowest BCUT2D eigenvalue weighted by molar-refractivity contribution is 0.638. The Labute approximate surface area is 142 Å². The van der Waals surface area contributed by atoms with Crippen molar-refractivity contribution >= 4 is 45.5 Å². The average Bonchev–Trinajstić information content (AvgIpc) is 2.58. The van der Waals surface area contributed by atoms with Crippen molar-refractivity contribution in [3.63, 3.8) is 0 Å². The second-order valence-corrected chi connectivity index (χ2v) is 11.1. The fourth-order valence-corrected chi connectivity index (χ4v) is 8.50. The van der Waals surface area contributed by atoms with Crippen LogP contribution in [0.25, 0.3) is 0 Å². The van der Waals surface area contributed by atoms with Crippen LogP contribution in [0.1, 0.15) is 0 Å². The zero-order chi connectivity index (χ0) is 16.0. The highest BCUT2D eigenvalue weighted by molar-refractivity contribution is 8.66. The Bertz CT molecular complexity index is 576. The largest absolute Gasteiger partial charge is 0.355 e. The van der Waals surface area contributed by atoms with Crippen LogP contribution in [0.5, 0.6) is 0 Å². The Balaban J connectivity index is 2.68. The van der Waals surface area contributed by atoms with Crippen LogP contribution in [0.3, 0.4) is 0 Å². The van der Waals surface area contributed by atoms with E-state index in [0.29, 0.717) is 0 Å². The van der Waals surface area contributed by atoms with Gasteiger partial charge in [-0.15, -0.1) is 0 Å². The van der Waals surface area contributed by atoms with Crippen molar-refractivity contribution in [2.45, 2.75) is 0 Å². The van der Waals surface area contributed by atoms with Gasteiger partial charge in [0.25, 0.3) is 6.62 Å². The van der Waals surface area contributed by atoms with Gasteiger partial charge in [0.2, 0.25) is 5.17 Å². The molecule has 2 nitrogen and oxygen atoms in total. The summed E-state index contributed by atoms with van der Waals surface area (Å²) < 4.78 is 5.26. The molecule has 0 aromatic heterocycles. The lowest BCUT2D eigenvalue weighted by Crippen LogP contribution is -2.23. The van der Waals surface area contributed by atoms with Gasteiger partial charge < -0.3 is 4.90 Å². The third-order valence-electron chi connectivity index (χ3n) is 3.27. The Morgan fingerprint density at radius 2 is 1.32 bits per heavy atom. The molecule has 0 N–H and O–H groups in total. The van der Waals surface area contributed by atoms with Crippen LogP contribution in [-0.4, -0.2) is 36.7 Å². The van der Waals surface area contributed by atoms with Crippen LogP contribution in [0.2, 0.25) is 0 Å². The van der Waals surface area contributed by atoms with Gasteiger partial charge in [0.1, 0.15) is 10.6 Å². The first-order valence-electron chi connectivity index (χ1n) is 7.01. The molecule has 0 aliphatic heterocycles. The highest BCUT2D eigenvalue weighted by Gasteiger charge is 2.44. The Morgan fingerprint density at radius 3 is 1.64 bits per heavy atom. The molecule has 22 heavy (non-hydrogen) atoms. The topological polar surface area (TPSA) is 15.6 Å². The third-order valence-corrected chi connectivity index (χ3v) is 10.3. The van der Waals surface area contributed by atoms with E-state index in [9.17, 15) is 0 Å². The smallest absolute Gasteiger partial charge is 0.258 e. The van der Waals surface area contributed by atoms with Crippen molar-refractivity contribution in [1.29, 1.82) is 0 Å². The molecule has 116 valence electrons. The monoisotopic (exact) mass is 349 g/mol. The van der Waals surface area contributed by atoms with E-state index in [4.69, 9.17) is 4.76 Å². The maximum atomic E-state index is 5.26. The maximum Gasteiger partial charge on any atom is 0.258 e. The molecular weight excluding hydrogens is 327 g/mol. The summed E-state index contributed by atoms with van der Waals surface area (Å²) in [6.07, 6.45) is 4.26. The number of amidine groups is 1. The molecule has 0 saturated carbocycles. The number of benzene rings is 2. The predicted octanol–water partition coefficient (Wildman–Crippen LogP) is 4.13. The van der Waals surface area contributed by atoms with Gasteiger partial charge in [-0.3, -0.25) is 0 Å². The summed E-state index contributed by atoms with van der Waals surface area (Å²) in [7, 11) is 4.11. The molecule has 5 heteroatoms. The minimum absolute atomic E-state index is 1.07. The summed E-state index contributed by atoms with van der Waals surface area (Å²) in [6.45, 7) is -1.87. The van der Waals surface area contributed by atoms with Crippen LogP contribution < -0.4 is 10.6 Å². The molecule has 0 amide bonds. The summed E-state index contributed by atoms with van der Waals surface area (Å²) in [6, 6.07) is 21.4. The number of hydrogen-bond donors (Lipinski definition) is 0. The highest BCUT2D eigenvalue weighted by atomic mass is 32.7. The summed E-state index contributed by atoms with van der Waals surface area (Å²) in [5.41, 5.74) is 0. The number of thioether (sulfide) groups is 1. The Hall–Kier alpha value is -0.960. The molecule has 2 aromatic rings. The van der Waals surface area contributed by atoms with Gasteiger partial charge >= 0.3 is 0 Å². The summed E-state index contributed by atoms with van der Waals surface area (Å²) in [5.74, 6) is 0. The van der Waals surface area contributed by atoms with Crippen LogP contribution >= 0.6 is 29.8 Å². The maximum absolute atomic E-state index is 5.26. The van der Waals surface area contributed by atoms with E-state index in [1.54, 1.807) is 11.8 Å². The zero-order valence-corrected chi connectivity index (χ0v) is 16.0. The summed E-state index contributed by atoms with van der Waals surface area (Å²) in [4.78, 5) is 2.10. The van der Waals surface area contributed by atoms with E-state index < -0.39 is 6.62 Å². The quantitative estimate of drug-likeness (QED) is 0.469. The van der Waals surface area contributed by atoms with E-state index in [2.05, 4.69) is 92.2 Å². The van der Waals surface area contributed by atoms with Crippen molar-refractivity contribution < 1.29 is 0 Å². The highest BCUT2D eigenvalue weighted by Crippen LogP contribution is 2.68. The number of rotatable bonds is 4. The van der Waals surface area contributed by atoms with E-state index in [1.807, 2.05) is 11.4 Å². The van der Waals surface area contributed by atoms with Gasteiger partial charge in [0, 0.05) is 20.4 Å². The molecule has 0 radical (unpaired) electrons. The zero-order valence-electron chi connectivity index (χ0n) is 13.4. The molecule has 0 fully saturated rings. The molecule has 2 rings (SSSR count). The SMILES string of the molecule is CSC(=N[P+](SC)(c1ccccc1)c1ccccc1)N(C)C. The standard InChI is InChI=1S/C17H22N2PS2/c1-19(2)17(21-3)18-20(22-4,15-11-7-5-8-12-15)16-13-9-6-10-14-16/h5-14H,1-4H3/q+1. The van der Waals surface area contributed by atoms with Gasteiger partial charge in [-0.25, -0.2) is 0 Å². The van der Waals surface area contributed by atoms with Gasteiger partial charge in [0.05, 0.1) is 11.4 Å².